The molecule has 0 aliphatic rings. The van der Waals surface area contributed by atoms with Gasteiger partial charge in [-0.2, -0.15) is 0 Å². The summed E-state index contributed by atoms with van der Waals surface area (Å²) >= 11 is 3.98. The van der Waals surface area contributed by atoms with E-state index >= 15 is 0 Å². The first kappa shape index (κ1) is 25.3. The van der Waals surface area contributed by atoms with Gasteiger partial charge in [-0.05, 0) is 46.3 Å². The summed E-state index contributed by atoms with van der Waals surface area (Å²) in [6.07, 6.45) is 0. The van der Waals surface area contributed by atoms with E-state index in [1.54, 1.807) is 7.11 Å². The Morgan fingerprint density at radius 2 is 1.10 bits per heavy atom. The predicted octanol–water partition coefficient (Wildman–Crippen LogP) is 8.48. The number of nitrogens with zero attached hydrogens (tertiary/aromatic N) is 2. The highest BCUT2D eigenvalue weighted by molar-refractivity contribution is 9.10. The molecule has 1 aromatic heterocycles. The smallest absolute Gasteiger partial charge is 0.118 e. The number of rotatable bonds is 6. The standard InChI is InChI=1S/C34H26BrN2OP/c1-38-26-23-21-25(22-24-26)33-32(35)34(30-19-11-12-20-31(30)36-33)37-39(27-13-5-2-6-14-27,28-15-7-3-8-16-28)29-17-9-4-10-18-29/h2-24H,1H3. The van der Waals surface area contributed by atoms with Gasteiger partial charge in [0.2, 0.25) is 0 Å². The van der Waals surface area contributed by atoms with Crippen molar-refractivity contribution in [2.45, 2.75) is 0 Å². The molecule has 0 saturated heterocycles. The highest BCUT2D eigenvalue weighted by Gasteiger charge is 2.29. The third-order valence-corrected chi connectivity index (χ3v) is 11.2. The summed E-state index contributed by atoms with van der Waals surface area (Å²) in [4.78, 5) is 5.07. The number of benzene rings is 5. The first-order valence-corrected chi connectivity index (χ1v) is 15.3. The zero-order chi connectivity index (χ0) is 26.7. The third kappa shape index (κ3) is 4.71. The molecule has 0 spiro atoms. The Bertz CT molecular complexity index is 1690. The van der Waals surface area contributed by atoms with Gasteiger partial charge in [-0.3, -0.25) is 4.74 Å². The fraction of sp³-hybridized carbons (Fsp3) is 0.0294. The maximum atomic E-state index is 5.85. The molecule has 6 rings (SSSR count). The van der Waals surface area contributed by atoms with Crippen LogP contribution in [0.4, 0.5) is 5.69 Å². The van der Waals surface area contributed by atoms with Crippen LogP contribution in [0.15, 0.2) is 149 Å². The largest absolute Gasteiger partial charge is 0.497 e. The molecule has 0 saturated carbocycles. The van der Waals surface area contributed by atoms with E-state index < -0.39 is 7.05 Å². The van der Waals surface area contributed by atoms with Gasteiger partial charge in [-0.1, -0.05) is 109 Å². The van der Waals surface area contributed by atoms with Gasteiger partial charge < -0.3 is 4.74 Å². The molecule has 0 radical (unpaired) electrons. The zero-order valence-electron chi connectivity index (χ0n) is 21.4. The van der Waals surface area contributed by atoms with Gasteiger partial charge in [0.05, 0.1) is 35.5 Å². The van der Waals surface area contributed by atoms with Crippen molar-refractivity contribution in [2.24, 2.45) is 4.74 Å². The zero-order valence-corrected chi connectivity index (χ0v) is 23.9. The van der Waals surface area contributed by atoms with Crippen molar-refractivity contribution >= 4 is 55.5 Å². The van der Waals surface area contributed by atoms with Crippen molar-refractivity contribution < 1.29 is 4.74 Å². The number of hydrogen-bond acceptors (Lipinski definition) is 3. The average molecular weight is 589 g/mol. The first-order valence-electron chi connectivity index (χ1n) is 12.7. The molecule has 0 fully saturated rings. The van der Waals surface area contributed by atoms with Crippen molar-refractivity contribution in [2.75, 3.05) is 7.11 Å². The number of para-hydroxylation sites is 1. The summed E-state index contributed by atoms with van der Waals surface area (Å²) in [7, 11) is -0.807. The van der Waals surface area contributed by atoms with Crippen molar-refractivity contribution in [3.63, 3.8) is 0 Å². The molecule has 0 N–H and O–H groups in total. The van der Waals surface area contributed by atoms with Gasteiger partial charge in [0.1, 0.15) is 5.75 Å². The molecule has 0 aliphatic heterocycles. The van der Waals surface area contributed by atoms with Crippen LogP contribution in [-0.4, -0.2) is 12.1 Å². The minimum Gasteiger partial charge on any atom is -0.497 e. The van der Waals surface area contributed by atoms with Crippen LogP contribution in [0.2, 0.25) is 0 Å². The normalized spacial score (nSPS) is 11.3. The second-order valence-corrected chi connectivity index (χ2v) is 12.9. The highest BCUT2D eigenvalue weighted by atomic mass is 79.9. The molecule has 5 heteroatoms. The molecule has 1 heterocycles. The summed E-state index contributed by atoms with van der Waals surface area (Å²) in [6.45, 7) is 0. The lowest BCUT2D eigenvalue weighted by molar-refractivity contribution is 0.415. The molecule has 5 aromatic carbocycles. The first-order chi connectivity index (χ1) is 19.2. The molecular formula is C34H26BrN2OP. The van der Waals surface area contributed by atoms with Crippen LogP contribution in [-0.2, 0) is 0 Å². The van der Waals surface area contributed by atoms with Crippen molar-refractivity contribution in [3.05, 3.63) is 144 Å². The maximum absolute atomic E-state index is 5.85. The Morgan fingerprint density at radius 1 is 0.615 bits per heavy atom. The molecule has 0 aliphatic carbocycles. The molecule has 0 unspecified atom stereocenters. The number of halogens is 1. The van der Waals surface area contributed by atoms with Crippen LogP contribution in [0.3, 0.4) is 0 Å². The van der Waals surface area contributed by atoms with E-state index in [-0.39, 0.29) is 0 Å². The summed E-state index contributed by atoms with van der Waals surface area (Å²) in [5.41, 5.74) is 3.64. The molecule has 0 atom stereocenters. The van der Waals surface area contributed by atoms with E-state index in [2.05, 4.69) is 125 Å². The number of hydrogen-bond donors (Lipinski definition) is 0. The van der Waals surface area contributed by atoms with Crippen LogP contribution in [0.5, 0.6) is 5.75 Å². The number of methoxy groups -OCH3 is 1. The lowest BCUT2D eigenvalue weighted by atomic mass is 10.1. The lowest BCUT2D eigenvalue weighted by Gasteiger charge is -2.27. The van der Waals surface area contributed by atoms with Crippen LogP contribution in [0, 0.1) is 0 Å². The van der Waals surface area contributed by atoms with Crippen molar-refractivity contribution in [3.8, 4) is 17.0 Å². The van der Waals surface area contributed by atoms with Gasteiger partial charge in [0, 0.05) is 26.9 Å². The molecule has 0 bridgehead atoms. The minimum atomic E-state index is -2.48. The van der Waals surface area contributed by atoms with E-state index in [9.17, 15) is 0 Å². The Kier molecular flexibility index (Phi) is 7.15. The lowest BCUT2D eigenvalue weighted by Crippen LogP contribution is -2.25. The molecular weight excluding hydrogens is 563 g/mol. The fourth-order valence-corrected chi connectivity index (χ4v) is 9.23. The van der Waals surface area contributed by atoms with Crippen molar-refractivity contribution in [1.29, 1.82) is 0 Å². The van der Waals surface area contributed by atoms with Crippen LogP contribution < -0.4 is 20.7 Å². The Balaban J connectivity index is 1.76. The quantitative estimate of drug-likeness (QED) is 0.183. The number of ether oxygens (including phenoxy) is 1. The molecule has 3 nitrogen and oxygen atoms in total. The molecule has 6 aromatic rings. The summed E-state index contributed by atoms with van der Waals surface area (Å²) in [6, 6.07) is 48.3. The fourth-order valence-electron chi connectivity index (χ4n) is 4.91. The van der Waals surface area contributed by atoms with Gasteiger partial charge in [-0.15, -0.1) is 0 Å². The van der Waals surface area contributed by atoms with E-state index in [0.717, 1.165) is 38.1 Å². The Hall–Kier alpha value is -3.98. The average Bonchev–Trinajstić information content (AvgIpc) is 3.02. The van der Waals surface area contributed by atoms with Gasteiger partial charge in [-0.25, -0.2) is 4.98 Å². The number of aromatic nitrogens is 1. The van der Waals surface area contributed by atoms with Crippen LogP contribution in [0.25, 0.3) is 22.2 Å². The number of fused-ring (bicyclic) bond motifs is 1. The maximum Gasteiger partial charge on any atom is 0.118 e. The van der Waals surface area contributed by atoms with Crippen LogP contribution in [0.1, 0.15) is 0 Å². The SMILES string of the molecule is COc1ccc(-c2nc3ccccc3c(N=P(c3ccccc3)(c3ccccc3)c3ccccc3)c2Br)cc1. The van der Waals surface area contributed by atoms with Crippen molar-refractivity contribution in [1.82, 2.24) is 4.98 Å². The van der Waals surface area contributed by atoms with Gasteiger partial charge in [0.15, 0.2) is 0 Å². The highest BCUT2D eigenvalue weighted by Crippen LogP contribution is 2.52. The summed E-state index contributed by atoms with van der Waals surface area (Å²) in [5, 5.41) is 4.59. The van der Waals surface area contributed by atoms with E-state index in [4.69, 9.17) is 14.5 Å². The monoisotopic (exact) mass is 588 g/mol. The molecule has 190 valence electrons. The molecule has 39 heavy (non-hydrogen) atoms. The van der Waals surface area contributed by atoms with Gasteiger partial charge in [0.25, 0.3) is 0 Å². The van der Waals surface area contributed by atoms with E-state index in [1.165, 1.54) is 15.9 Å². The third-order valence-electron chi connectivity index (χ3n) is 6.81. The topological polar surface area (TPSA) is 34.5 Å². The summed E-state index contributed by atoms with van der Waals surface area (Å²) in [5.74, 6) is 0.808. The number of pyridine rings is 1. The second kappa shape index (κ2) is 11.0. The van der Waals surface area contributed by atoms with Gasteiger partial charge >= 0.3 is 0 Å². The summed E-state index contributed by atoms with van der Waals surface area (Å²) < 4.78 is 12.1. The minimum absolute atomic E-state index is 0.808. The molecule has 0 amide bonds. The predicted molar refractivity (Wildman–Crippen MR) is 169 cm³/mol. The second-order valence-electron chi connectivity index (χ2n) is 9.11. The van der Waals surface area contributed by atoms with Crippen LogP contribution >= 0.6 is 23.0 Å². The Morgan fingerprint density at radius 3 is 1.62 bits per heavy atom. The van der Waals surface area contributed by atoms with E-state index in [0.29, 0.717) is 0 Å². The Labute approximate surface area is 237 Å². The van der Waals surface area contributed by atoms with E-state index in [1.807, 2.05) is 30.3 Å².